The van der Waals surface area contributed by atoms with Crippen LogP contribution in [0.2, 0.25) is 0 Å². The van der Waals surface area contributed by atoms with Crippen LogP contribution in [0.1, 0.15) is 16.7 Å². The lowest BCUT2D eigenvalue weighted by molar-refractivity contribution is -0.275. The molecule has 0 radical (unpaired) electrons. The highest BCUT2D eigenvalue weighted by molar-refractivity contribution is 5.37. The number of hydrogen-bond donors (Lipinski definition) is 1. The van der Waals surface area contributed by atoms with E-state index in [-0.39, 0.29) is 17.7 Å². The maximum absolute atomic E-state index is 13.0. The Morgan fingerprint density at radius 2 is 1.55 bits per heavy atom. The Labute approximate surface area is 191 Å². The van der Waals surface area contributed by atoms with Crippen LogP contribution in [0.15, 0.2) is 84.9 Å². The van der Waals surface area contributed by atoms with Gasteiger partial charge >= 0.3 is 6.36 Å². The average Bonchev–Trinajstić information content (AvgIpc) is 2.81. The number of alkyl halides is 3. The van der Waals surface area contributed by atoms with Crippen LogP contribution in [0.3, 0.4) is 0 Å². The molecule has 3 aromatic carbocycles. The highest BCUT2D eigenvalue weighted by Gasteiger charge is 2.43. The van der Waals surface area contributed by atoms with Crippen LogP contribution in [-0.2, 0) is 23.3 Å². The summed E-state index contributed by atoms with van der Waals surface area (Å²) in [6.07, 6.45) is -5.56. The minimum absolute atomic E-state index is 0.0902. The Kier molecular flexibility index (Phi) is 7.02. The summed E-state index contributed by atoms with van der Waals surface area (Å²) < 4.78 is 49.2. The first-order valence-electron chi connectivity index (χ1n) is 10.8. The first-order chi connectivity index (χ1) is 15.8. The quantitative estimate of drug-likeness (QED) is 0.547. The van der Waals surface area contributed by atoms with E-state index in [9.17, 15) is 18.3 Å². The second-order valence-electron chi connectivity index (χ2n) is 8.20. The van der Waals surface area contributed by atoms with Crippen LogP contribution >= 0.6 is 0 Å². The number of morpholine rings is 1. The Bertz CT molecular complexity index is 1030. The Morgan fingerprint density at radius 1 is 0.909 bits per heavy atom. The number of halogens is 3. The van der Waals surface area contributed by atoms with Crippen molar-refractivity contribution in [1.82, 2.24) is 4.90 Å². The summed E-state index contributed by atoms with van der Waals surface area (Å²) >= 11 is 0. The summed E-state index contributed by atoms with van der Waals surface area (Å²) in [7, 11) is 0. The lowest BCUT2D eigenvalue weighted by atomic mass is 9.81. The molecule has 0 aliphatic carbocycles. The summed E-state index contributed by atoms with van der Waals surface area (Å²) in [4.78, 5) is 2.19. The molecule has 0 bridgehead atoms. The lowest BCUT2D eigenvalue weighted by Crippen LogP contribution is -2.53. The zero-order chi connectivity index (χ0) is 23.3. The molecular formula is C26H26F3NO3. The van der Waals surface area contributed by atoms with Gasteiger partial charge in [0.05, 0.1) is 6.61 Å². The Balaban J connectivity index is 1.63. The van der Waals surface area contributed by atoms with Gasteiger partial charge in [0.25, 0.3) is 0 Å². The molecule has 1 aliphatic rings. The maximum Gasteiger partial charge on any atom is 0.573 e. The molecule has 4 rings (SSSR count). The summed E-state index contributed by atoms with van der Waals surface area (Å²) in [5.41, 5.74) is 0.426. The van der Waals surface area contributed by atoms with E-state index in [1.807, 2.05) is 36.4 Å². The third-order valence-corrected chi connectivity index (χ3v) is 5.86. The molecule has 7 heteroatoms. The van der Waals surface area contributed by atoms with E-state index in [0.29, 0.717) is 31.8 Å². The number of nitrogens with zero attached hydrogens (tertiary/aromatic N) is 1. The summed E-state index contributed by atoms with van der Waals surface area (Å²) in [5, 5.41) is 12.0. The van der Waals surface area contributed by atoms with Gasteiger partial charge < -0.3 is 14.6 Å². The van der Waals surface area contributed by atoms with E-state index < -0.39 is 18.1 Å². The fraction of sp³-hybridized carbons (Fsp3) is 0.308. The normalized spacial score (nSPS) is 19.1. The van der Waals surface area contributed by atoms with E-state index in [1.165, 1.54) is 12.1 Å². The third-order valence-electron chi connectivity index (χ3n) is 5.86. The van der Waals surface area contributed by atoms with E-state index in [0.717, 1.165) is 5.56 Å². The molecule has 2 atom stereocenters. The van der Waals surface area contributed by atoms with Crippen molar-refractivity contribution in [3.63, 3.8) is 0 Å². The van der Waals surface area contributed by atoms with Crippen LogP contribution in [0, 0.1) is 0 Å². The highest BCUT2D eigenvalue weighted by Crippen LogP contribution is 2.37. The van der Waals surface area contributed by atoms with Crippen molar-refractivity contribution in [2.24, 2.45) is 0 Å². The molecule has 1 unspecified atom stereocenters. The average molecular weight is 457 g/mol. The molecule has 0 saturated carbocycles. The van der Waals surface area contributed by atoms with E-state index >= 15 is 0 Å². The van der Waals surface area contributed by atoms with Gasteiger partial charge in [-0.15, -0.1) is 13.2 Å². The molecule has 3 aromatic rings. The van der Waals surface area contributed by atoms with Crippen molar-refractivity contribution in [3.05, 3.63) is 102 Å². The monoisotopic (exact) mass is 457 g/mol. The van der Waals surface area contributed by atoms with Gasteiger partial charge in [-0.25, -0.2) is 0 Å². The second-order valence-corrected chi connectivity index (χ2v) is 8.20. The summed E-state index contributed by atoms with van der Waals surface area (Å²) in [6.45, 7) is 2.24. The molecule has 1 fully saturated rings. The molecule has 0 aromatic heterocycles. The van der Waals surface area contributed by atoms with E-state index in [4.69, 9.17) is 4.74 Å². The fourth-order valence-electron chi connectivity index (χ4n) is 4.27. The zero-order valence-electron chi connectivity index (χ0n) is 18.0. The number of para-hydroxylation sites is 1. The van der Waals surface area contributed by atoms with Gasteiger partial charge in [-0.05, 0) is 22.8 Å². The lowest BCUT2D eigenvalue weighted by Gasteiger charge is -2.42. The van der Waals surface area contributed by atoms with Crippen LogP contribution in [0.25, 0.3) is 0 Å². The van der Waals surface area contributed by atoms with Gasteiger partial charge in [0.2, 0.25) is 0 Å². The molecular weight excluding hydrogens is 431 g/mol. The predicted molar refractivity (Wildman–Crippen MR) is 119 cm³/mol. The molecule has 0 spiro atoms. The fourth-order valence-corrected chi connectivity index (χ4v) is 4.27. The number of rotatable bonds is 7. The van der Waals surface area contributed by atoms with Gasteiger partial charge in [-0.3, -0.25) is 4.90 Å². The minimum atomic E-state index is -4.82. The number of ether oxygens (including phenoxy) is 2. The number of aliphatic hydroxyl groups is 1. The molecule has 33 heavy (non-hydrogen) atoms. The Hall–Kier alpha value is -2.87. The summed E-state index contributed by atoms with van der Waals surface area (Å²) in [6, 6.07) is 24.9. The SMILES string of the molecule is OC(Cc1ccccc1OC(F)(F)F)(c1ccccc1)[C@@H]1CN(Cc2ccccc2)CCO1. The Morgan fingerprint density at radius 3 is 2.24 bits per heavy atom. The van der Waals surface area contributed by atoms with Crippen molar-refractivity contribution in [2.75, 3.05) is 19.7 Å². The highest BCUT2D eigenvalue weighted by atomic mass is 19.4. The zero-order valence-corrected chi connectivity index (χ0v) is 18.0. The molecule has 1 aliphatic heterocycles. The molecule has 4 nitrogen and oxygen atoms in total. The smallest absolute Gasteiger partial charge is 0.406 e. The van der Waals surface area contributed by atoms with Crippen LogP contribution in [-0.4, -0.2) is 42.2 Å². The molecule has 0 amide bonds. The molecule has 1 N–H and O–H groups in total. The van der Waals surface area contributed by atoms with Crippen LogP contribution < -0.4 is 4.74 Å². The maximum atomic E-state index is 13.0. The van der Waals surface area contributed by atoms with Gasteiger partial charge in [0, 0.05) is 26.1 Å². The number of benzene rings is 3. The molecule has 1 heterocycles. The van der Waals surface area contributed by atoms with Gasteiger partial charge in [-0.2, -0.15) is 0 Å². The summed E-state index contributed by atoms with van der Waals surface area (Å²) in [5.74, 6) is -0.323. The topological polar surface area (TPSA) is 41.9 Å². The minimum Gasteiger partial charge on any atom is -0.406 e. The van der Waals surface area contributed by atoms with Crippen LogP contribution in [0.5, 0.6) is 5.75 Å². The van der Waals surface area contributed by atoms with Gasteiger partial charge in [0.1, 0.15) is 17.5 Å². The molecule has 174 valence electrons. The first kappa shape index (κ1) is 23.3. The van der Waals surface area contributed by atoms with Crippen molar-refractivity contribution < 1.29 is 27.8 Å². The second kappa shape index (κ2) is 9.95. The van der Waals surface area contributed by atoms with Gasteiger partial charge in [0.15, 0.2) is 0 Å². The standard InChI is InChI=1S/C26H26F3NO3/c27-26(28,29)33-23-14-8-7-11-21(23)17-25(31,22-12-5-2-6-13-22)24-19-30(15-16-32-24)18-20-9-3-1-4-10-20/h1-14,24,31H,15-19H2/t24-,25?/m0/s1. The van der Waals surface area contributed by atoms with E-state index in [1.54, 1.807) is 36.4 Å². The van der Waals surface area contributed by atoms with Crippen molar-refractivity contribution in [1.29, 1.82) is 0 Å². The first-order valence-corrected chi connectivity index (χ1v) is 10.8. The van der Waals surface area contributed by atoms with E-state index in [2.05, 4.69) is 9.64 Å². The van der Waals surface area contributed by atoms with Crippen molar-refractivity contribution >= 4 is 0 Å². The molecule has 1 saturated heterocycles. The van der Waals surface area contributed by atoms with Crippen molar-refractivity contribution in [2.45, 2.75) is 31.0 Å². The van der Waals surface area contributed by atoms with Crippen molar-refractivity contribution in [3.8, 4) is 5.75 Å². The third kappa shape index (κ3) is 5.93. The van der Waals surface area contributed by atoms with Gasteiger partial charge in [-0.1, -0.05) is 78.9 Å². The van der Waals surface area contributed by atoms with Crippen LogP contribution in [0.4, 0.5) is 13.2 Å². The predicted octanol–water partition coefficient (Wildman–Crippen LogP) is 4.92. The largest absolute Gasteiger partial charge is 0.573 e. The number of hydrogen-bond acceptors (Lipinski definition) is 4.